The molecule has 11 heteroatoms. The van der Waals surface area contributed by atoms with Crippen molar-refractivity contribution in [1.82, 2.24) is 25.9 Å². The summed E-state index contributed by atoms with van der Waals surface area (Å²) in [7, 11) is 0. The van der Waals surface area contributed by atoms with E-state index in [4.69, 9.17) is 5.73 Å². The first-order valence-corrected chi connectivity index (χ1v) is 12.0. The van der Waals surface area contributed by atoms with Crippen LogP contribution >= 0.6 is 0 Å². The summed E-state index contributed by atoms with van der Waals surface area (Å²) in [5.74, 6) is -4.13. The third-order valence-corrected chi connectivity index (χ3v) is 5.68. The summed E-state index contributed by atoms with van der Waals surface area (Å²) >= 11 is 0. The Hall–Kier alpha value is -4.64. The van der Waals surface area contributed by atoms with Crippen molar-refractivity contribution < 1.29 is 24.0 Å². The molecule has 1 heterocycles. The van der Waals surface area contributed by atoms with Crippen LogP contribution in [-0.4, -0.2) is 57.5 Å². The molecule has 0 aliphatic carbocycles. The number of benzene rings is 2. The van der Waals surface area contributed by atoms with Crippen molar-refractivity contribution in [3.8, 4) is 0 Å². The summed E-state index contributed by atoms with van der Waals surface area (Å²) in [4.78, 5) is 69.5. The van der Waals surface area contributed by atoms with E-state index in [1.807, 2.05) is 41.7 Å². The van der Waals surface area contributed by atoms with Gasteiger partial charge >= 0.3 is 0 Å². The van der Waals surface area contributed by atoms with Crippen LogP contribution in [0.3, 0.4) is 0 Å². The van der Waals surface area contributed by atoms with Gasteiger partial charge in [-0.05, 0) is 17.5 Å². The molecule has 0 saturated heterocycles. The lowest BCUT2D eigenvalue weighted by Gasteiger charge is -2.24. The summed E-state index contributed by atoms with van der Waals surface area (Å²) in [5.41, 5.74) is 8.22. The zero-order valence-corrected chi connectivity index (χ0v) is 20.8. The third kappa shape index (κ3) is 8.49. The molecule has 3 aromatic rings. The minimum atomic E-state index is -1.32. The van der Waals surface area contributed by atoms with Gasteiger partial charge in [0.2, 0.25) is 23.5 Å². The number of imide groups is 1. The molecule has 0 fully saturated rings. The van der Waals surface area contributed by atoms with E-state index in [2.05, 4.69) is 20.6 Å². The van der Waals surface area contributed by atoms with Crippen LogP contribution in [0.2, 0.25) is 0 Å². The molecule has 3 atom stereocenters. The number of nitrogens with zero attached hydrogens (tertiary/aromatic N) is 1. The Bertz CT molecular complexity index is 1250. The summed E-state index contributed by atoms with van der Waals surface area (Å²) in [6.45, 7) is 1.10. The highest BCUT2D eigenvalue weighted by Crippen LogP contribution is 2.08. The second-order valence-electron chi connectivity index (χ2n) is 8.76. The van der Waals surface area contributed by atoms with Crippen molar-refractivity contribution >= 4 is 29.4 Å². The zero-order valence-electron chi connectivity index (χ0n) is 20.8. The van der Waals surface area contributed by atoms with Crippen LogP contribution in [0.1, 0.15) is 23.7 Å². The third-order valence-electron chi connectivity index (χ3n) is 5.68. The average molecular weight is 519 g/mol. The van der Waals surface area contributed by atoms with Gasteiger partial charge in [0.15, 0.2) is 0 Å². The molecule has 0 unspecified atom stereocenters. The number of amides is 4. The number of imidazole rings is 1. The normalized spacial score (nSPS) is 13.0. The fourth-order valence-electron chi connectivity index (χ4n) is 3.78. The number of H-pyrrole nitrogens is 1. The smallest absolute Gasteiger partial charge is 0.296 e. The molecule has 1 aromatic heterocycles. The second-order valence-corrected chi connectivity index (χ2v) is 8.76. The van der Waals surface area contributed by atoms with Crippen LogP contribution in [0.4, 0.5) is 0 Å². The summed E-state index contributed by atoms with van der Waals surface area (Å²) in [5, 5.41) is 7.17. The number of aromatic nitrogens is 2. The standard InChI is InChI=1S/C27H30N6O5/c1-17(34)31-27(38)24(35)22(14-20-15-29-16-30-20)32-26(37)23(13-19-10-6-3-7-11-19)33-25(36)21(28)12-18-8-4-2-5-9-18/h2-11,15-16,21-23H,12-14,28H2,1H3,(H,29,30)(H,32,37)(H,33,36)(H,31,34,38)/t21-,22-,23-/m0/s1. The lowest BCUT2D eigenvalue weighted by atomic mass is 10.0. The first kappa shape index (κ1) is 27.9. The van der Waals surface area contributed by atoms with Gasteiger partial charge in [0.1, 0.15) is 12.1 Å². The lowest BCUT2D eigenvalue weighted by Crippen LogP contribution is -2.57. The predicted molar refractivity (Wildman–Crippen MR) is 138 cm³/mol. The number of rotatable bonds is 12. The van der Waals surface area contributed by atoms with Crippen LogP contribution in [0.15, 0.2) is 73.2 Å². The van der Waals surface area contributed by atoms with Crippen molar-refractivity contribution in [2.24, 2.45) is 5.73 Å². The molecular weight excluding hydrogens is 488 g/mol. The minimum absolute atomic E-state index is 0.0879. The number of Topliss-reactive ketones (excluding diaryl/α,β-unsaturated/α-hetero) is 1. The Balaban J connectivity index is 1.79. The van der Waals surface area contributed by atoms with E-state index in [-0.39, 0.29) is 19.3 Å². The van der Waals surface area contributed by atoms with Gasteiger partial charge in [-0.2, -0.15) is 0 Å². The van der Waals surface area contributed by atoms with E-state index in [0.29, 0.717) is 5.69 Å². The van der Waals surface area contributed by atoms with E-state index in [1.54, 1.807) is 24.3 Å². The molecule has 4 amide bonds. The Labute approximate surface area is 219 Å². The van der Waals surface area contributed by atoms with Gasteiger partial charge in [0.05, 0.1) is 12.4 Å². The number of nitrogens with one attached hydrogen (secondary N) is 4. The van der Waals surface area contributed by atoms with Gasteiger partial charge in [0, 0.05) is 31.7 Å². The SMILES string of the molecule is CC(=O)NC(=O)C(=O)[C@H](Cc1cnc[nH]1)NC(=O)[C@H](Cc1ccccc1)NC(=O)[C@@H](N)Cc1ccccc1. The minimum Gasteiger partial charge on any atom is -0.348 e. The number of aromatic amines is 1. The van der Waals surface area contributed by atoms with Gasteiger partial charge in [-0.3, -0.25) is 29.3 Å². The molecule has 0 bridgehead atoms. The highest BCUT2D eigenvalue weighted by atomic mass is 16.2. The Kier molecular flexibility index (Phi) is 10.0. The quantitative estimate of drug-likeness (QED) is 0.209. The van der Waals surface area contributed by atoms with Crippen LogP contribution < -0.4 is 21.7 Å². The average Bonchev–Trinajstić information content (AvgIpc) is 3.41. The molecule has 0 aliphatic heterocycles. The number of carbonyl (C=O) groups excluding carboxylic acids is 5. The number of carbonyl (C=O) groups is 5. The summed E-state index contributed by atoms with van der Waals surface area (Å²) in [6, 6.07) is 14.9. The highest BCUT2D eigenvalue weighted by Gasteiger charge is 2.32. The largest absolute Gasteiger partial charge is 0.348 e. The van der Waals surface area contributed by atoms with Gasteiger partial charge < -0.3 is 21.4 Å². The fraction of sp³-hybridized carbons (Fsp3) is 0.259. The Morgan fingerprint density at radius 2 is 1.39 bits per heavy atom. The first-order chi connectivity index (χ1) is 18.2. The Morgan fingerprint density at radius 3 is 1.95 bits per heavy atom. The molecule has 198 valence electrons. The molecule has 3 rings (SSSR count). The molecule has 2 aromatic carbocycles. The number of ketones is 1. The molecule has 38 heavy (non-hydrogen) atoms. The summed E-state index contributed by atoms with van der Waals surface area (Å²) in [6.07, 6.45) is 3.12. The molecule has 0 radical (unpaired) electrons. The zero-order chi connectivity index (χ0) is 27.5. The van der Waals surface area contributed by atoms with Gasteiger partial charge in [0.25, 0.3) is 5.91 Å². The molecular formula is C27H30N6O5. The Morgan fingerprint density at radius 1 is 0.816 bits per heavy atom. The highest BCUT2D eigenvalue weighted by molar-refractivity contribution is 6.40. The van der Waals surface area contributed by atoms with Crippen molar-refractivity contribution in [2.75, 3.05) is 0 Å². The van der Waals surface area contributed by atoms with E-state index >= 15 is 0 Å². The van der Waals surface area contributed by atoms with Crippen LogP contribution in [-0.2, 0) is 43.2 Å². The van der Waals surface area contributed by atoms with Crippen molar-refractivity contribution in [3.05, 3.63) is 90.0 Å². The van der Waals surface area contributed by atoms with Crippen LogP contribution in [0.5, 0.6) is 0 Å². The van der Waals surface area contributed by atoms with Crippen molar-refractivity contribution in [3.63, 3.8) is 0 Å². The molecule has 0 aliphatic rings. The maximum atomic E-state index is 13.4. The van der Waals surface area contributed by atoms with E-state index in [0.717, 1.165) is 18.1 Å². The second kappa shape index (κ2) is 13.6. The summed E-state index contributed by atoms with van der Waals surface area (Å²) < 4.78 is 0. The predicted octanol–water partition coefficient (Wildman–Crippen LogP) is -0.0337. The number of hydrogen-bond donors (Lipinski definition) is 5. The monoisotopic (exact) mass is 518 g/mol. The van der Waals surface area contributed by atoms with Crippen molar-refractivity contribution in [2.45, 2.75) is 44.3 Å². The van der Waals surface area contributed by atoms with Crippen molar-refractivity contribution in [1.29, 1.82) is 0 Å². The van der Waals surface area contributed by atoms with Crippen LogP contribution in [0, 0.1) is 0 Å². The van der Waals surface area contributed by atoms with E-state index in [1.165, 1.54) is 12.5 Å². The topological polar surface area (TPSA) is 176 Å². The van der Waals surface area contributed by atoms with Gasteiger partial charge in [-0.15, -0.1) is 0 Å². The molecule has 0 spiro atoms. The maximum Gasteiger partial charge on any atom is 0.296 e. The lowest BCUT2D eigenvalue weighted by molar-refractivity contribution is -0.142. The molecule has 11 nitrogen and oxygen atoms in total. The van der Waals surface area contributed by atoms with Gasteiger partial charge in [-0.25, -0.2) is 4.98 Å². The molecule has 6 N–H and O–H groups in total. The van der Waals surface area contributed by atoms with E-state index in [9.17, 15) is 24.0 Å². The maximum absolute atomic E-state index is 13.4. The first-order valence-electron chi connectivity index (χ1n) is 12.0. The fourth-order valence-corrected chi connectivity index (χ4v) is 3.78. The number of hydrogen-bond acceptors (Lipinski definition) is 7. The van der Waals surface area contributed by atoms with Gasteiger partial charge in [-0.1, -0.05) is 60.7 Å². The van der Waals surface area contributed by atoms with E-state index < -0.39 is 47.5 Å². The molecule has 0 saturated carbocycles. The number of nitrogens with two attached hydrogens (primary N) is 1. The van der Waals surface area contributed by atoms with Crippen LogP contribution in [0.25, 0.3) is 0 Å².